The molecule has 1 heterocycles. The SMILES string of the molecule is O=C(CNc1ccccc1F)NCC1(c2ccccc2)CCOCC1. The quantitative estimate of drug-likeness (QED) is 0.848. The van der Waals surface area contributed by atoms with Gasteiger partial charge in [-0.25, -0.2) is 4.39 Å². The molecule has 4 nitrogen and oxygen atoms in total. The number of halogens is 1. The van der Waals surface area contributed by atoms with E-state index in [1.165, 1.54) is 11.6 Å². The molecule has 0 spiro atoms. The normalized spacial score (nSPS) is 16.2. The van der Waals surface area contributed by atoms with E-state index in [1.807, 2.05) is 18.2 Å². The molecule has 0 aliphatic carbocycles. The van der Waals surface area contributed by atoms with Crippen molar-refractivity contribution in [2.75, 3.05) is 31.6 Å². The highest BCUT2D eigenvalue weighted by molar-refractivity contribution is 5.80. The van der Waals surface area contributed by atoms with Crippen LogP contribution in [0.4, 0.5) is 10.1 Å². The maximum atomic E-state index is 13.6. The number of para-hydroxylation sites is 1. The molecular formula is C20H23FN2O2. The van der Waals surface area contributed by atoms with Crippen molar-refractivity contribution >= 4 is 11.6 Å². The van der Waals surface area contributed by atoms with E-state index in [0.717, 1.165) is 12.8 Å². The second kappa shape index (κ2) is 8.12. The standard InChI is InChI=1S/C20H23FN2O2/c21-17-8-4-5-9-18(17)22-14-19(24)23-15-20(10-12-25-13-11-20)16-6-2-1-3-7-16/h1-9,22H,10-15H2,(H,23,24). The molecular weight excluding hydrogens is 319 g/mol. The molecule has 2 N–H and O–H groups in total. The largest absolute Gasteiger partial charge is 0.381 e. The number of rotatable bonds is 6. The van der Waals surface area contributed by atoms with Gasteiger partial charge in [-0.1, -0.05) is 42.5 Å². The molecule has 0 unspecified atom stereocenters. The third-order valence-electron chi connectivity index (χ3n) is 4.77. The van der Waals surface area contributed by atoms with Crippen LogP contribution in [0.25, 0.3) is 0 Å². The van der Waals surface area contributed by atoms with Crippen LogP contribution in [0.15, 0.2) is 54.6 Å². The first-order valence-corrected chi connectivity index (χ1v) is 8.58. The van der Waals surface area contributed by atoms with Crippen molar-refractivity contribution in [1.82, 2.24) is 5.32 Å². The Balaban J connectivity index is 1.59. The summed E-state index contributed by atoms with van der Waals surface area (Å²) in [5.41, 5.74) is 1.45. The predicted octanol–water partition coefficient (Wildman–Crippen LogP) is 3.10. The van der Waals surface area contributed by atoms with Gasteiger partial charge in [-0.3, -0.25) is 4.79 Å². The van der Waals surface area contributed by atoms with Gasteiger partial charge in [0.15, 0.2) is 0 Å². The minimum absolute atomic E-state index is 0.0440. The number of ether oxygens (including phenoxy) is 1. The van der Waals surface area contributed by atoms with Gasteiger partial charge in [0, 0.05) is 25.2 Å². The Morgan fingerprint density at radius 1 is 1.04 bits per heavy atom. The van der Waals surface area contributed by atoms with Gasteiger partial charge in [0.1, 0.15) is 5.82 Å². The molecule has 1 amide bonds. The summed E-state index contributed by atoms with van der Waals surface area (Å²) in [6.45, 7) is 1.98. The molecule has 3 rings (SSSR count). The first-order valence-electron chi connectivity index (χ1n) is 8.58. The summed E-state index contributed by atoms with van der Waals surface area (Å²) in [5, 5.41) is 5.84. The highest BCUT2D eigenvalue weighted by Gasteiger charge is 2.34. The second-order valence-corrected chi connectivity index (χ2v) is 6.37. The number of amides is 1. The monoisotopic (exact) mass is 342 g/mol. The Bertz CT molecular complexity index is 700. The van der Waals surface area contributed by atoms with Gasteiger partial charge in [-0.2, -0.15) is 0 Å². The van der Waals surface area contributed by atoms with Crippen molar-refractivity contribution in [3.63, 3.8) is 0 Å². The fourth-order valence-electron chi connectivity index (χ4n) is 3.23. The van der Waals surface area contributed by atoms with E-state index in [-0.39, 0.29) is 23.7 Å². The van der Waals surface area contributed by atoms with Crippen molar-refractivity contribution in [1.29, 1.82) is 0 Å². The van der Waals surface area contributed by atoms with E-state index in [4.69, 9.17) is 4.74 Å². The van der Waals surface area contributed by atoms with Gasteiger partial charge in [0.2, 0.25) is 5.91 Å². The van der Waals surface area contributed by atoms with Gasteiger partial charge in [-0.05, 0) is 30.5 Å². The molecule has 1 aliphatic rings. The van der Waals surface area contributed by atoms with Crippen LogP contribution in [0.2, 0.25) is 0 Å². The van der Waals surface area contributed by atoms with E-state index in [2.05, 4.69) is 22.8 Å². The second-order valence-electron chi connectivity index (χ2n) is 6.37. The molecule has 1 fully saturated rings. The minimum atomic E-state index is -0.361. The van der Waals surface area contributed by atoms with Gasteiger partial charge in [0.05, 0.1) is 12.2 Å². The van der Waals surface area contributed by atoms with Crippen LogP contribution in [-0.2, 0) is 14.9 Å². The van der Waals surface area contributed by atoms with Gasteiger partial charge in [0.25, 0.3) is 0 Å². The third-order valence-corrected chi connectivity index (χ3v) is 4.77. The van der Waals surface area contributed by atoms with Crippen molar-refractivity contribution in [3.05, 3.63) is 66.0 Å². The summed E-state index contributed by atoms with van der Waals surface area (Å²) >= 11 is 0. The van der Waals surface area contributed by atoms with Gasteiger partial charge >= 0.3 is 0 Å². The lowest BCUT2D eigenvalue weighted by Gasteiger charge is -2.38. The topological polar surface area (TPSA) is 50.4 Å². The maximum absolute atomic E-state index is 13.6. The molecule has 0 saturated carbocycles. The summed E-state index contributed by atoms with van der Waals surface area (Å²) < 4.78 is 19.1. The molecule has 0 aromatic heterocycles. The van der Waals surface area contributed by atoms with Crippen LogP contribution >= 0.6 is 0 Å². The van der Waals surface area contributed by atoms with Crippen molar-refractivity contribution in [2.45, 2.75) is 18.3 Å². The van der Waals surface area contributed by atoms with Crippen molar-refractivity contribution < 1.29 is 13.9 Å². The predicted molar refractivity (Wildman–Crippen MR) is 96.1 cm³/mol. The molecule has 0 radical (unpaired) electrons. The molecule has 2 aromatic rings. The number of hydrogen-bond acceptors (Lipinski definition) is 3. The van der Waals surface area contributed by atoms with Crippen molar-refractivity contribution in [3.8, 4) is 0 Å². The smallest absolute Gasteiger partial charge is 0.239 e. The summed E-state index contributed by atoms with van der Waals surface area (Å²) in [4.78, 5) is 12.2. The summed E-state index contributed by atoms with van der Waals surface area (Å²) in [7, 11) is 0. The van der Waals surface area contributed by atoms with Crippen LogP contribution in [0.3, 0.4) is 0 Å². The van der Waals surface area contributed by atoms with Crippen LogP contribution in [0.1, 0.15) is 18.4 Å². The maximum Gasteiger partial charge on any atom is 0.239 e. The van der Waals surface area contributed by atoms with Crippen molar-refractivity contribution in [2.24, 2.45) is 0 Å². The van der Waals surface area contributed by atoms with Gasteiger partial charge < -0.3 is 15.4 Å². The fraction of sp³-hybridized carbons (Fsp3) is 0.350. The first-order chi connectivity index (χ1) is 12.2. The summed E-state index contributed by atoms with van der Waals surface area (Å²) in [6, 6.07) is 16.6. The fourth-order valence-corrected chi connectivity index (χ4v) is 3.23. The number of carbonyl (C=O) groups excluding carboxylic acids is 1. The zero-order chi connectivity index (χ0) is 17.5. The average Bonchev–Trinajstić information content (AvgIpc) is 2.67. The zero-order valence-corrected chi connectivity index (χ0v) is 14.1. The van der Waals surface area contributed by atoms with E-state index >= 15 is 0 Å². The van der Waals surface area contributed by atoms with E-state index in [9.17, 15) is 9.18 Å². The van der Waals surface area contributed by atoms with Crippen LogP contribution in [0.5, 0.6) is 0 Å². The van der Waals surface area contributed by atoms with E-state index in [1.54, 1.807) is 18.2 Å². The third kappa shape index (κ3) is 4.37. The molecule has 1 aliphatic heterocycles. The zero-order valence-electron chi connectivity index (χ0n) is 14.1. The number of anilines is 1. The minimum Gasteiger partial charge on any atom is -0.381 e. The Kier molecular flexibility index (Phi) is 5.66. The average molecular weight is 342 g/mol. The van der Waals surface area contributed by atoms with Crippen LogP contribution in [0, 0.1) is 5.82 Å². The molecule has 0 atom stereocenters. The lowest BCUT2D eigenvalue weighted by atomic mass is 9.74. The van der Waals surface area contributed by atoms with E-state index in [0.29, 0.717) is 25.4 Å². The molecule has 5 heteroatoms. The Morgan fingerprint density at radius 3 is 2.44 bits per heavy atom. The lowest BCUT2D eigenvalue weighted by Crippen LogP contribution is -2.45. The molecule has 1 saturated heterocycles. The molecule has 132 valence electrons. The molecule has 0 bridgehead atoms. The number of hydrogen-bond donors (Lipinski definition) is 2. The van der Waals surface area contributed by atoms with Gasteiger partial charge in [-0.15, -0.1) is 0 Å². The number of carbonyl (C=O) groups is 1. The molecule has 25 heavy (non-hydrogen) atoms. The summed E-state index contributed by atoms with van der Waals surface area (Å²) in [5.74, 6) is -0.509. The van der Waals surface area contributed by atoms with Crippen LogP contribution < -0.4 is 10.6 Å². The van der Waals surface area contributed by atoms with Crippen LogP contribution in [-0.4, -0.2) is 32.2 Å². The Labute approximate surface area is 147 Å². The summed E-state index contributed by atoms with van der Waals surface area (Å²) in [6.07, 6.45) is 1.75. The van der Waals surface area contributed by atoms with E-state index < -0.39 is 0 Å². The number of nitrogens with one attached hydrogen (secondary N) is 2. The first kappa shape index (κ1) is 17.4. The highest BCUT2D eigenvalue weighted by atomic mass is 19.1. The lowest BCUT2D eigenvalue weighted by molar-refractivity contribution is -0.119. The Morgan fingerprint density at radius 2 is 1.72 bits per heavy atom. The molecule has 2 aromatic carbocycles. The Hall–Kier alpha value is -2.40. The number of benzene rings is 2. The highest BCUT2D eigenvalue weighted by Crippen LogP contribution is 2.34.